The van der Waals surface area contributed by atoms with Crippen LogP contribution in [0, 0.1) is 11.2 Å². The molecule has 2 saturated heterocycles. The highest BCUT2D eigenvalue weighted by atomic mass is 19.1. The molecule has 1 saturated carbocycles. The summed E-state index contributed by atoms with van der Waals surface area (Å²) in [4.78, 5) is 17.6. The van der Waals surface area contributed by atoms with E-state index in [9.17, 15) is 14.3 Å². The number of piperidine rings is 1. The smallest absolute Gasteiger partial charge is 0.230 e. The summed E-state index contributed by atoms with van der Waals surface area (Å²) >= 11 is 0. The Morgan fingerprint density at radius 1 is 1.04 bits per heavy atom. The van der Waals surface area contributed by atoms with Gasteiger partial charge in [0.05, 0.1) is 11.5 Å². The summed E-state index contributed by atoms with van der Waals surface area (Å²) < 4.78 is 13.2. The van der Waals surface area contributed by atoms with Crippen molar-refractivity contribution in [1.82, 2.24) is 4.90 Å². The van der Waals surface area contributed by atoms with Gasteiger partial charge in [-0.05, 0) is 69.2 Å². The molecule has 0 aromatic heterocycles. The van der Waals surface area contributed by atoms with Gasteiger partial charge in [0.25, 0.3) is 0 Å². The van der Waals surface area contributed by atoms with Crippen LogP contribution in [0.5, 0.6) is 0 Å². The molecular formula is C20H27FN2O2. The normalized spacial score (nSPS) is 33.3. The van der Waals surface area contributed by atoms with Gasteiger partial charge < -0.3 is 14.9 Å². The minimum atomic E-state index is -0.275. The largest absolute Gasteiger partial charge is 0.393 e. The number of aliphatic hydroxyl groups excluding tert-OH is 1. The van der Waals surface area contributed by atoms with Gasteiger partial charge in [0, 0.05) is 31.4 Å². The van der Waals surface area contributed by atoms with Crippen molar-refractivity contribution in [3.63, 3.8) is 0 Å². The van der Waals surface area contributed by atoms with E-state index in [0.717, 1.165) is 70.3 Å². The molecule has 3 fully saturated rings. The lowest BCUT2D eigenvalue weighted by Gasteiger charge is -2.41. The second-order valence-electron chi connectivity index (χ2n) is 7.99. The third-order valence-corrected chi connectivity index (χ3v) is 6.42. The number of carbonyl (C=O) groups is 1. The number of amides is 1. The molecule has 5 heteroatoms. The van der Waals surface area contributed by atoms with Gasteiger partial charge in [-0.1, -0.05) is 0 Å². The number of hydrogen-bond acceptors (Lipinski definition) is 3. The fourth-order valence-corrected chi connectivity index (χ4v) is 4.95. The molecule has 2 aliphatic heterocycles. The predicted octanol–water partition coefficient (Wildman–Crippen LogP) is 2.95. The van der Waals surface area contributed by atoms with Crippen molar-refractivity contribution in [2.24, 2.45) is 5.41 Å². The van der Waals surface area contributed by atoms with Gasteiger partial charge in [0.15, 0.2) is 0 Å². The lowest BCUT2D eigenvalue weighted by Crippen LogP contribution is -2.50. The Balaban J connectivity index is 1.48. The van der Waals surface area contributed by atoms with Gasteiger partial charge in [-0.2, -0.15) is 0 Å². The van der Waals surface area contributed by atoms with Crippen molar-refractivity contribution in [3.8, 4) is 0 Å². The van der Waals surface area contributed by atoms with E-state index in [1.807, 2.05) is 12.1 Å². The SMILES string of the molecule is O=C1N([C@H]2CC[C@@H](O)CC2)CC[C@]12CCCN(c1ccc(F)cc1)C2. The average molecular weight is 346 g/mol. The molecule has 25 heavy (non-hydrogen) atoms. The number of rotatable bonds is 2. The topological polar surface area (TPSA) is 43.8 Å². The first-order valence-electron chi connectivity index (χ1n) is 9.57. The highest BCUT2D eigenvalue weighted by Gasteiger charge is 2.50. The molecule has 1 amide bonds. The molecule has 1 aromatic rings. The van der Waals surface area contributed by atoms with Gasteiger partial charge in [-0.15, -0.1) is 0 Å². The maximum absolute atomic E-state index is 13.3. The lowest BCUT2D eigenvalue weighted by molar-refractivity contribution is -0.139. The molecule has 2 heterocycles. The third kappa shape index (κ3) is 3.14. The summed E-state index contributed by atoms with van der Waals surface area (Å²) in [6.45, 7) is 2.51. The maximum atomic E-state index is 13.3. The van der Waals surface area contributed by atoms with E-state index < -0.39 is 0 Å². The number of hydrogen-bond donors (Lipinski definition) is 1. The third-order valence-electron chi connectivity index (χ3n) is 6.42. The number of halogens is 1. The van der Waals surface area contributed by atoms with Crippen LogP contribution in [0.4, 0.5) is 10.1 Å². The molecule has 1 atom stereocenters. The van der Waals surface area contributed by atoms with E-state index in [2.05, 4.69) is 9.80 Å². The molecule has 4 rings (SSSR count). The Kier molecular flexibility index (Phi) is 4.44. The van der Waals surface area contributed by atoms with Crippen molar-refractivity contribution in [2.45, 2.75) is 57.1 Å². The van der Waals surface area contributed by atoms with E-state index in [4.69, 9.17) is 0 Å². The Bertz CT molecular complexity index is 627. The van der Waals surface area contributed by atoms with Gasteiger partial charge in [0.1, 0.15) is 5.82 Å². The first kappa shape index (κ1) is 16.8. The number of likely N-dealkylation sites (tertiary alicyclic amines) is 1. The zero-order chi connectivity index (χ0) is 17.4. The van der Waals surface area contributed by atoms with Gasteiger partial charge in [-0.25, -0.2) is 4.39 Å². The Labute approximate surface area is 148 Å². The van der Waals surface area contributed by atoms with Crippen LogP contribution in [-0.2, 0) is 4.79 Å². The second kappa shape index (κ2) is 6.60. The maximum Gasteiger partial charge on any atom is 0.230 e. The van der Waals surface area contributed by atoms with Crippen LogP contribution in [0.2, 0.25) is 0 Å². The molecule has 1 spiro atoms. The Morgan fingerprint density at radius 2 is 1.76 bits per heavy atom. The zero-order valence-electron chi connectivity index (χ0n) is 14.7. The van der Waals surface area contributed by atoms with E-state index in [1.165, 1.54) is 12.1 Å². The molecule has 0 bridgehead atoms. The second-order valence-corrected chi connectivity index (χ2v) is 7.99. The van der Waals surface area contributed by atoms with Gasteiger partial charge in [0.2, 0.25) is 5.91 Å². The predicted molar refractivity (Wildman–Crippen MR) is 94.9 cm³/mol. The van der Waals surface area contributed by atoms with Gasteiger partial charge in [-0.3, -0.25) is 4.79 Å². The highest BCUT2D eigenvalue weighted by Crippen LogP contribution is 2.43. The van der Waals surface area contributed by atoms with Crippen molar-refractivity contribution in [1.29, 1.82) is 0 Å². The summed E-state index contributed by atoms with van der Waals surface area (Å²) in [5, 5.41) is 9.72. The Morgan fingerprint density at radius 3 is 2.48 bits per heavy atom. The van der Waals surface area contributed by atoms with Crippen LogP contribution in [0.3, 0.4) is 0 Å². The van der Waals surface area contributed by atoms with Crippen molar-refractivity contribution in [2.75, 3.05) is 24.5 Å². The van der Waals surface area contributed by atoms with Crippen molar-refractivity contribution < 1.29 is 14.3 Å². The Hall–Kier alpha value is -1.62. The van der Waals surface area contributed by atoms with Crippen molar-refractivity contribution >= 4 is 11.6 Å². The van der Waals surface area contributed by atoms with Crippen LogP contribution < -0.4 is 4.90 Å². The number of anilines is 1. The summed E-state index contributed by atoms with van der Waals surface area (Å²) in [7, 11) is 0. The molecule has 136 valence electrons. The van der Waals surface area contributed by atoms with Crippen molar-refractivity contribution in [3.05, 3.63) is 30.1 Å². The molecule has 4 nitrogen and oxygen atoms in total. The molecule has 0 radical (unpaired) electrons. The minimum absolute atomic E-state index is 0.188. The zero-order valence-corrected chi connectivity index (χ0v) is 14.7. The lowest BCUT2D eigenvalue weighted by atomic mass is 9.78. The highest BCUT2D eigenvalue weighted by molar-refractivity contribution is 5.86. The fraction of sp³-hybridized carbons (Fsp3) is 0.650. The minimum Gasteiger partial charge on any atom is -0.393 e. The van der Waals surface area contributed by atoms with Crippen LogP contribution in [0.25, 0.3) is 0 Å². The van der Waals surface area contributed by atoms with Crippen LogP contribution in [-0.4, -0.2) is 47.7 Å². The quantitative estimate of drug-likeness (QED) is 0.895. The number of nitrogens with zero attached hydrogens (tertiary/aromatic N) is 2. The summed E-state index contributed by atoms with van der Waals surface area (Å²) in [5.41, 5.74) is 0.732. The fourth-order valence-electron chi connectivity index (χ4n) is 4.95. The first-order valence-corrected chi connectivity index (χ1v) is 9.57. The molecule has 0 unspecified atom stereocenters. The summed E-state index contributed by atoms with van der Waals surface area (Å²) in [5.74, 6) is 0.0822. The van der Waals surface area contributed by atoms with Gasteiger partial charge >= 0.3 is 0 Å². The summed E-state index contributed by atoms with van der Waals surface area (Å²) in [6.07, 6.45) is 6.14. The molecule has 1 aliphatic carbocycles. The number of benzene rings is 1. The van der Waals surface area contributed by atoms with Crippen LogP contribution in [0.1, 0.15) is 44.9 Å². The van der Waals surface area contributed by atoms with Crippen LogP contribution >= 0.6 is 0 Å². The van der Waals surface area contributed by atoms with E-state index in [1.54, 1.807) is 0 Å². The van der Waals surface area contributed by atoms with E-state index in [-0.39, 0.29) is 17.3 Å². The molecule has 3 aliphatic rings. The first-order chi connectivity index (χ1) is 12.1. The number of carbonyl (C=O) groups excluding carboxylic acids is 1. The number of aliphatic hydroxyl groups is 1. The molecular weight excluding hydrogens is 319 g/mol. The van der Waals surface area contributed by atoms with E-state index in [0.29, 0.717) is 11.9 Å². The standard InChI is InChI=1S/C20H27FN2O2/c21-15-2-4-16(5-3-15)22-12-1-10-20(14-22)11-13-23(19(20)25)17-6-8-18(24)9-7-17/h2-5,17-18,24H,1,6-14H2/t17-,18+,20-/m0/s1. The monoisotopic (exact) mass is 346 g/mol. The summed E-state index contributed by atoms with van der Waals surface area (Å²) in [6, 6.07) is 6.91. The average Bonchev–Trinajstić information content (AvgIpc) is 2.93. The molecule has 1 N–H and O–H groups in total. The molecule has 1 aromatic carbocycles. The van der Waals surface area contributed by atoms with Crippen LogP contribution in [0.15, 0.2) is 24.3 Å². The van der Waals surface area contributed by atoms with E-state index >= 15 is 0 Å².